The Morgan fingerprint density at radius 2 is 1.89 bits per heavy atom. The summed E-state index contributed by atoms with van der Waals surface area (Å²) in [6.45, 7) is 0.427. The standard InChI is InChI=1S/C19H19N3O5/c1-24-14-5-7-15(8-6-14)25-12-13-26-18(23)10-9-17-21-19(22-27-17)16-4-2-3-11-20-16/h2-8,11H,9-10,12-13H2,1H3. The molecule has 8 heteroatoms. The lowest BCUT2D eigenvalue weighted by molar-refractivity contribution is -0.144. The zero-order valence-electron chi connectivity index (χ0n) is 14.8. The van der Waals surface area contributed by atoms with Crippen molar-refractivity contribution in [1.29, 1.82) is 0 Å². The summed E-state index contributed by atoms with van der Waals surface area (Å²) >= 11 is 0. The molecule has 0 N–H and O–H groups in total. The molecule has 140 valence electrons. The van der Waals surface area contributed by atoms with Crippen LogP contribution in [0.4, 0.5) is 0 Å². The van der Waals surface area contributed by atoms with E-state index in [1.165, 1.54) is 0 Å². The smallest absolute Gasteiger partial charge is 0.306 e. The quantitative estimate of drug-likeness (QED) is 0.419. The molecular weight excluding hydrogens is 350 g/mol. The lowest BCUT2D eigenvalue weighted by Crippen LogP contribution is -2.12. The van der Waals surface area contributed by atoms with Crippen LogP contribution in [0.2, 0.25) is 0 Å². The highest BCUT2D eigenvalue weighted by Gasteiger charge is 2.12. The first kappa shape index (κ1) is 18.4. The number of rotatable bonds is 9. The van der Waals surface area contributed by atoms with Gasteiger partial charge < -0.3 is 18.7 Å². The predicted molar refractivity (Wildman–Crippen MR) is 95.3 cm³/mol. The van der Waals surface area contributed by atoms with Crippen LogP contribution in [0.15, 0.2) is 53.2 Å². The summed E-state index contributed by atoms with van der Waals surface area (Å²) in [6.07, 6.45) is 2.10. The average molecular weight is 369 g/mol. The largest absolute Gasteiger partial charge is 0.497 e. The number of ether oxygens (including phenoxy) is 3. The molecule has 27 heavy (non-hydrogen) atoms. The highest BCUT2D eigenvalue weighted by Crippen LogP contribution is 2.17. The van der Waals surface area contributed by atoms with Crippen LogP contribution in [0, 0.1) is 0 Å². The van der Waals surface area contributed by atoms with Crippen molar-refractivity contribution in [2.75, 3.05) is 20.3 Å². The van der Waals surface area contributed by atoms with E-state index in [-0.39, 0.29) is 25.6 Å². The van der Waals surface area contributed by atoms with Gasteiger partial charge in [0.25, 0.3) is 0 Å². The highest BCUT2D eigenvalue weighted by molar-refractivity contribution is 5.69. The summed E-state index contributed by atoms with van der Waals surface area (Å²) in [5.41, 5.74) is 0.616. The van der Waals surface area contributed by atoms with Gasteiger partial charge in [-0.25, -0.2) is 0 Å². The molecule has 0 saturated heterocycles. The molecule has 0 spiro atoms. The fraction of sp³-hybridized carbons (Fsp3) is 0.263. The first-order valence-electron chi connectivity index (χ1n) is 8.41. The van der Waals surface area contributed by atoms with E-state index in [1.54, 1.807) is 49.7 Å². The fourth-order valence-corrected chi connectivity index (χ4v) is 2.22. The second-order valence-corrected chi connectivity index (χ2v) is 5.47. The van der Waals surface area contributed by atoms with Crippen LogP contribution in [0.1, 0.15) is 12.3 Å². The van der Waals surface area contributed by atoms with E-state index in [9.17, 15) is 4.79 Å². The van der Waals surface area contributed by atoms with Crippen molar-refractivity contribution in [1.82, 2.24) is 15.1 Å². The van der Waals surface area contributed by atoms with Gasteiger partial charge in [0.2, 0.25) is 11.7 Å². The number of nitrogens with zero attached hydrogens (tertiary/aromatic N) is 3. The Bertz CT molecular complexity index is 849. The number of methoxy groups -OCH3 is 1. The molecular formula is C19H19N3O5. The zero-order chi connectivity index (χ0) is 18.9. The lowest BCUT2D eigenvalue weighted by Gasteiger charge is -2.07. The van der Waals surface area contributed by atoms with Crippen molar-refractivity contribution in [2.24, 2.45) is 0 Å². The molecule has 3 aromatic rings. The molecule has 3 rings (SSSR count). The summed E-state index contributed by atoms with van der Waals surface area (Å²) in [6, 6.07) is 12.6. The molecule has 1 aromatic carbocycles. The summed E-state index contributed by atoms with van der Waals surface area (Å²) in [4.78, 5) is 20.2. The molecule has 2 aromatic heterocycles. The van der Waals surface area contributed by atoms with Crippen LogP contribution in [-0.2, 0) is 16.0 Å². The van der Waals surface area contributed by atoms with Crippen LogP contribution in [0.5, 0.6) is 11.5 Å². The maximum Gasteiger partial charge on any atom is 0.306 e. The normalized spacial score (nSPS) is 10.4. The van der Waals surface area contributed by atoms with Gasteiger partial charge >= 0.3 is 5.97 Å². The fourth-order valence-electron chi connectivity index (χ4n) is 2.22. The molecule has 0 aliphatic rings. The Balaban J connectivity index is 1.35. The van der Waals surface area contributed by atoms with Crippen molar-refractivity contribution in [3.8, 4) is 23.0 Å². The minimum Gasteiger partial charge on any atom is -0.497 e. The van der Waals surface area contributed by atoms with Gasteiger partial charge in [0.1, 0.15) is 30.4 Å². The molecule has 2 heterocycles. The Labute approximate surface area is 156 Å². The highest BCUT2D eigenvalue weighted by atomic mass is 16.6. The van der Waals surface area contributed by atoms with Gasteiger partial charge in [0.15, 0.2) is 0 Å². The number of hydrogen-bond donors (Lipinski definition) is 0. The predicted octanol–water partition coefficient (Wildman–Crippen LogP) is 2.70. The van der Waals surface area contributed by atoms with Crippen LogP contribution < -0.4 is 9.47 Å². The number of carbonyl (C=O) groups excluding carboxylic acids is 1. The minimum absolute atomic E-state index is 0.145. The molecule has 8 nitrogen and oxygen atoms in total. The van der Waals surface area contributed by atoms with Crippen molar-refractivity contribution < 1.29 is 23.5 Å². The summed E-state index contributed by atoms with van der Waals surface area (Å²) in [5, 5.41) is 3.86. The van der Waals surface area contributed by atoms with E-state index in [0.717, 1.165) is 5.75 Å². The number of carbonyl (C=O) groups is 1. The van der Waals surface area contributed by atoms with Gasteiger partial charge in [-0.15, -0.1) is 0 Å². The maximum atomic E-state index is 11.8. The minimum atomic E-state index is -0.356. The van der Waals surface area contributed by atoms with Crippen LogP contribution in [-0.4, -0.2) is 41.4 Å². The number of aryl methyl sites for hydroxylation is 1. The number of pyridine rings is 1. The second-order valence-electron chi connectivity index (χ2n) is 5.47. The summed E-state index contributed by atoms with van der Waals surface area (Å²) in [7, 11) is 1.60. The van der Waals surface area contributed by atoms with Crippen molar-refractivity contribution in [3.05, 3.63) is 54.6 Å². The number of aromatic nitrogens is 3. The zero-order valence-corrected chi connectivity index (χ0v) is 14.8. The van der Waals surface area contributed by atoms with Gasteiger partial charge in [-0.05, 0) is 36.4 Å². The SMILES string of the molecule is COc1ccc(OCCOC(=O)CCc2nc(-c3ccccn3)no2)cc1. The Morgan fingerprint density at radius 1 is 1.07 bits per heavy atom. The van der Waals surface area contributed by atoms with E-state index in [4.69, 9.17) is 18.7 Å². The maximum absolute atomic E-state index is 11.8. The summed E-state index contributed by atoms with van der Waals surface area (Å²) in [5.74, 6) is 1.83. The topological polar surface area (TPSA) is 96.6 Å². The van der Waals surface area contributed by atoms with Gasteiger partial charge in [0, 0.05) is 12.6 Å². The molecule has 0 atom stereocenters. The number of esters is 1. The Morgan fingerprint density at radius 3 is 2.63 bits per heavy atom. The third-order valence-corrected chi connectivity index (χ3v) is 3.58. The lowest BCUT2D eigenvalue weighted by atomic mass is 10.3. The number of hydrogen-bond acceptors (Lipinski definition) is 8. The van der Waals surface area contributed by atoms with Gasteiger partial charge in [-0.3, -0.25) is 9.78 Å². The molecule has 0 unspecified atom stereocenters. The average Bonchev–Trinajstić information content (AvgIpc) is 3.20. The molecule has 0 bridgehead atoms. The van der Waals surface area contributed by atoms with E-state index in [0.29, 0.717) is 29.6 Å². The monoisotopic (exact) mass is 369 g/mol. The first-order chi connectivity index (χ1) is 13.2. The number of benzene rings is 1. The van der Waals surface area contributed by atoms with Gasteiger partial charge in [-0.2, -0.15) is 4.98 Å². The van der Waals surface area contributed by atoms with E-state index >= 15 is 0 Å². The third-order valence-electron chi connectivity index (χ3n) is 3.58. The summed E-state index contributed by atoms with van der Waals surface area (Å²) < 4.78 is 20.8. The second kappa shape index (κ2) is 9.33. The van der Waals surface area contributed by atoms with Gasteiger partial charge in [0.05, 0.1) is 13.5 Å². The Hall–Kier alpha value is -3.42. The molecule has 0 saturated carbocycles. The molecule has 0 aliphatic carbocycles. The van der Waals surface area contributed by atoms with Crippen LogP contribution in [0.3, 0.4) is 0 Å². The Kier molecular flexibility index (Phi) is 6.35. The van der Waals surface area contributed by atoms with Crippen molar-refractivity contribution in [2.45, 2.75) is 12.8 Å². The first-order valence-corrected chi connectivity index (χ1v) is 8.41. The van der Waals surface area contributed by atoms with E-state index in [1.807, 2.05) is 6.07 Å². The van der Waals surface area contributed by atoms with Crippen molar-refractivity contribution >= 4 is 5.97 Å². The van der Waals surface area contributed by atoms with E-state index < -0.39 is 0 Å². The van der Waals surface area contributed by atoms with Crippen molar-refractivity contribution in [3.63, 3.8) is 0 Å². The molecule has 0 amide bonds. The third kappa shape index (κ3) is 5.53. The molecule has 0 fully saturated rings. The van der Waals surface area contributed by atoms with Crippen LogP contribution >= 0.6 is 0 Å². The molecule has 0 radical (unpaired) electrons. The van der Waals surface area contributed by atoms with Gasteiger partial charge in [-0.1, -0.05) is 11.2 Å². The van der Waals surface area contributed by atoms with Crippen LogP contribution in [0.25, 0.3) is 11.5 Å². The molecule has 0 aliphatic heterocycles. The van der Waals surface area contributed by atoms with E-state index in [2.05, 4.69) is 15.1 Å².